The maximum absolute atomic E-state index is 13.0. The topological polar surface area (TPSA) is 37.4 Å². The molecule has 1 aromatic rings. The van der Waals surface area contributed by atoms with E-state index < -0.39 is 15.8 Å². The standard InChI is InChI=1S/C11H13BrFNO2S/c1-8-3-2-6-14(8)17(15,16)11-5-4-9(13)7-10(11)12/h4-5,7-8H,2-3,6H2,1H3. The highest BCUT2D eigenvalue weighted by atomic mass is 79.9. The van der Waals surface area contributed by atoms with Gasteiger partial charge in [-0.3, -0.25) is 0 Å². The van der Waals surface area contributed by atoms with Crippen LogP contribution in [0.4, 0.5) is 4.39 Å². The minimum Gasteiger partial charge on any atom is -0.207 e. The van der Waals surface area contributed by atoms with E-state index in [0.717, 1.165) is 12.8 Å². The van der Waals surface area contributed by atoms with E-state index in [0.29, 0.717) is 6.54 Å². The largest absolute Gasteiger partial charge is 0.244 e. The van der Waals surface area contributed by atoms with Crippen molar-refractivity contribution < 1.29 is 12.8 Å². The molecule has 1 heterocycles. The van der Waals surface area contributed by atoms with Crippen LogP contribution in [0, 0.1) is 5.82 Å². The van der Waals surface area contributed by atoms with E-state index in [4.69, 9.17) is 0 Å². The molecule has 0 radical (unpaired) electrons. The molecule has 0 amide bonds. The summed E-state index contributed by atoms with van der Waals surface area (Å²) in [5.74, 6) is -0.453. The van der Waals surface area contributed by atoms with Crippen LogP contribution in [0.5, 0.6) is 0 Å². The van der Waals surface area contributed by atoms with Crippen molar-refractivity contribution in [2.75, 3.05) is 6.54 Å². The smallest absolute Gasteiger partial charge is 0.207 e. The lowest BCUT2D eigenvalue weighted by Crippen LogP contribution is -2.33. The van der Waals surface area contributed by atoms with Crippen LogP contribution in [-0.4, -0.2) is 25.3 Å². The fourth-order valence-electron chi connectivity index (χ4n) is 2.07. The molecule has 6 heteroatoms. The molecule has 2 rings (SSSR count). The second-order valence-electron chi connectivity index (χ2n) is 4.18. The van der Waals surface area contributed by atoms with E-state index >= 15 is 0 Å². The molecule has 1 aliphatic rings. The number of rotatable bonds is 2. The summed E-state index contributed by atoms with van der Waals surface area (Å²) in [7, 11) is -3.52. The first kappa shape index (κ1) is 13.0. The van der Waals surface area contributed by atoms with E-state index in [-0.39, 0.29) is 15.4 Å². The predicted molar refractivity (Wildman–Crippen MR) is 66.7 cm³/mol. The molecule has 1 fully saturated rings. The van der Waals surface area contributed by atoms with E-state index in [1.165, 1.54) is 22.5 Å². The molecule has 3 nitrogen and oxygen atoms in total. The Hall–Kier alpha value is -0.460. The van der Waals surface area contributed by atoms with Gasteiger partial charge in [-0.2, -0.15) is 4.31 Å². The monoisotopic (exact) mass is 321 g/mol. The fourth-order valence-corrected chi connectivity index (χ4v) is 4.79. The molecule has 0 bridgehead atoms. The number of hydrogen-bond donors (Lipinski definition) is 0. The Kier molecular flexibility index (Phi) is 3.56. The normalized spacial score (nSPS) is 21.9. The second kappa shape index (κ2) is 4.66. The number of sulfonamides is 1. The van der Waals surface area contributed by atoms with Gasteiger partial charge >= 0.3 is 0 Å². The summed E-state index contributed by atoms with van der Waals surface area (Å²) in [5, 5.41) is 0. The summed E-state index contributed by atoms with van der Waals surface area (Å²) in [5.41, 5.74) is 0. The molecule has 94 valence electrons. The van der Waals surface area contributed by atoms with Crippen LogP contribution < -0.4 is 0 Å². The van der Waals surface area contributed by atoms with Gasteiger partial charge < -0.3 is 0 Å². The number of halogens is 2. The van der Waals surface area contributed by atoms with Crippen LogP contribution in [0.2, 0.25) is 0 Å². The van der Waals surface area contributed by atoms with E-state index in [1.54, 1.807) is 0 Å². The van der Waals surface area contributed by atoms with E-state index in [1.807, 2.05) is 6.92 Å². The van der Waals surface area contributed by atoms with Crippen molar-refractivity contribution in [3.63, 3.8) is 0 Å². The van der Waals surface area contributed by atoms with Crippen LogP contribution in [0.15, 0.2) is 27.6 Å². The van der Waals surface area contributed by atoms with Crippen molar-refractivity contribution in [3.05, 3.63) is 28.5 Å². The van der Waals surface area contributed by atoms with Gasteiger partial charge in [0.25, 0.3) is 0 Å². The molecular weight excluding hydrogens is 309 g/mol. The first-order valence-electron chi connectivity index (χ1n) is 5.40. The molecular formula is C11H13BrFNO2S. The quantitative estimate of drug-likeness (QED) is 0.840. The molecule has 1 saturated heterocycles. The van der Waals surface area contributed by atoms with E-state index in [9.17, 15) is 12.8 Å². The van der Waals surface area contributed by atoms with Gasteiger partial charge in [-0.15, -0.1) is 0 Å². The van der Waals surface area contributed by atoms with Crippen LogP contribution >= 0.6 is 15.9 Å². The van der Waals surface area contributed by atoms with Gasteiger partial charge in [0.2, 0.25) is 10.0 Å². The number of nitrogens with zero attached hydrogens (tertiary/aromatic N) is 1. The summed E-state index contributed by atoms with van der Waals surface area (Å²) < 4.78 is 39.4. The molecule has 0 N–H and O–H groups in total. The first-order chi connectivity index (χ1) is 7.93. The fraction of sp³-hybridized carbons (Fsp3) is 0.455. The van der Waals surface area contributed by atoms with Gasteiger partial charge in [0, 0.05) is 17.1 Å². The second-order valence-corrected chi connectivity index (χ2v) is 6.90. The summed E-state index contributed by atoms with van der Waals surface area (Å²) in [6.07, 6.45) is 1.75. The third-order valence-corrected chi connectivity index (χ3v) is 5.96. The number of benzene rings is 1. The first-order valence-corrected chi connectivity index (χ1v) is 7.63. The molecule has 1 aromatic carbocycles. The highest BCUT2D eigenvalue weighted by Gasteiger charge is 2.33. The Morgan fingerprint density at radius 1 is 1.47 bits per heavy atom. The number of hydrogen-bond acceptors (Lipinski definition) is 2. The van der Waals surface area contributed by atoms with Gasteiger partial charge in [-0.05, 0) is 53.9 Å². The van der Waals surface area contributed by atoms with Gasteiger partial charge in [-0.1, -0.05) is 0 Å². The Labute approximate surface area is 109 Å². The molecule has 1 aliphatic heterocycles. The summed E-state index contributed by atoms with van der Waals surface area (Å²) in [6, 6.07) is 3.66. The zero-order valence-corrected chi connectivity index (χ0v) is 11.8. The summed E-state index contributed by atoms with van der Waals surface area (Å²) >= 11 is 3.10. The molecule has 1 atom stereocenters. The lowest BCUT2D eigenvalue weighted by atomic mass is 10.3. The maximum Gasteiger partial charge on any atom is 0.244 e. The highest BCUT2D eigenvalue weighted by molar-refractivity contribution is 9.10. The van der Waals surface area contributed by atoms with Crippen molar-refractivity contribution >= 4 is 26.0 Å². The summed E-state index contributed by atoms with van der Waals surface area (Å²) in [4.78, 5) is 0.132. The molecule has 0 aliphatic carbocycles. The van der Waals surface area contributed by atoms with Crippen molar-refractivity contribution in [2.24, 2.45) is 0 Å². The van der Waals surface area contributed by atoms with Crippen molar-refractivity contribution in [1.29, 1.82) is 0 Å². The SMILES string of the molecule is CC1CCCN1S(=O)(=O)c1ccc(F)cc1Br. The minimum absolute atomic E-state index is 0.0111. The zero-order valence-electron chi connectivity index (χ0n) is 9.36. The van der Waals surface area contributed by atoms with Crippen molar-refractivity contribution in [1.82, 2.24) is 4.31 Å². The van der Waals surface area contributed by atoms with Crippen LogP contribution in [0.1, 0.15) is 19.8 Å². The maximum atomic E-state index is 13.0. The Morgan fingerprint density at radius 2 is 2.18 bits per heavy atom. The zero-order chi connectivity index (χ0) is 12.6. The molecule has 0 aromatic heterocycles. The van der Waals surface area contributed by atoms with Gasteiger partial charge in [0.05, 0.1) is 4.90 Å². The van der Waals surface area contributed by atoms with Crippen LogP contribution in [0.3, 0.4) is 0 Å². The Morgan fingerprint density at radius 3 is 2.71 bits per heavy atom. The summed E-state index contributed by atoms with van der Waals surface area (Å²) in [6.45, 7) is 2.43. The Balaban J connectivity index is 2.44. The molecule has 17 heavy (non-hydrogen) atoms. The van der Waals surface area contributed by atoms with Gasteiger partial charge in [-0.25, -0.2) is 12.8 Å². The molecule has 0 spiro atoms. The van der Waals surface area contributed by atoms with Gasteiger partial charge in [0.1, 0.15) is 5.82 Å². The molecule has 1 unspecified atom stereocenters. The lowest BCUT2D eigenvalue weighted by Gasteiger charge is -2.21. The Bertz CT molecular complexity index is 532. The van der Waals surface area contributed by atoms with Crippen LogP contribution in [0.25, 0.3) is 0 Å². The third kappa shape index (κ3) is 2.39. The lowest BCUT2D eigenvalue weighted by molar-refractivity contribution is 0.408. The average molecular weight is 322 g/mol. The van der Waals surface area contributed by atoms with Crippen molar-refractivity contribution in [3.8, 4) is 0 Å². The minimum atomic E-state index is -3.52. The average Bonchev–Trinajstić information content (AvgIpc) is 2.64. The predicted octanol–water partition coefficient (Wildman–Crippen LogP) is 2.76. The highest BCUT2D eigenvalue weighted by Crippen LogP contribution is 2.30. The molecule has 0 saturated carbocycles. The van der Waals surface area contributed by atoms with Crippen LogP contribution in [-0.2, 0) is 10.0 Å². The third-order valence-electron chi connectivity index (χ3n) is 2.97. The van der Waals surface area contributed by atoms with E-state index in [2.05, 4.69) is 15.9 Å². The van der Waals surface area contributed by atoms with Gasteiger partial charge in [0.15, 0.2) is 0 Å². The van der Waals surface area contributed by atoms with Crippen molar-refractivity contribution in [2.45, 2.75) is 30.7 Å².